The van der Waals surface area contributed by atoms with E-state index in [-0.39, 0.29) is 11.6 Å². The molecule has 1 unspecified atom stereocenters. The molecule has 1 aromatic carbocycles. The molecule has 0 spiro atoms. The van der Waals surface area contributed by atoms with Crippen LogP contribution in [0.4, 0.5) is 0 Å². The van der Waals surface area contributed by atoms with E-state index in [9.17, 15) is 0 Å². The molecule has 1 N–H and O–H groups in total. The van der Waals surface area contributed by atoms with E-state index >= 15 is 0 Å². The summed E-state index contributed by atoms with van der Waals surface area (Å²) < 4.78 is 11.1. The summed E-state index contributed by atoms with van der Waals surface area (Å²) in [6.07, 6.45) is 0. The molecule has 0 aliphatic rings. The molecule has 0 aliphatic carbocycles. The van der Waals surface area contributed by atoms with Gasteiger partial charge in [-0.3, -0.25) is 0 Å². The molecule has 17 heavy (non-hydrogen) atoms. The maximum absolute atomic E-state index is 5.81. The van der Waals surface area contributed by atoms with Crippen LogP contribution in [0.15, 0.2) is 24.3 Å². The number of methoxy groups -OCH3 is 1. The zero-order valence-corrected chi connectivity index (χ0v) is 11.4. The van der Waals surface area contributed by atoms with E-state index in [0.29, 0.717) is 6.61 Å². The molecule has 96 valence electrons. The predicted octanol–water partition coefficient (Wildman–Crippen LogP) is 2.77. The molecule has 0 fully saturated rings. The van der Waals surface area contributed by atoms with E-state index in [2.05, 4.69) is 25.2 Å². The van der Waals surface area contributed by atoms with Crippen molar-refractivity contribution in [3.8, 4) is 5.75 Å². The standard InChI is InChI=1S/C14H23NO2/c1-6-17-14(2,3)13(15-4)11-8-7-9-12(10-11)16-5/h7-10,13,15H,6H2,1-5H3. The monoisotopic (exact) mass is 237 g/mol. The first kappa shape index (κ1) is 14.0. The van der Waals surface area contributed by atoms with Gasteiger partial charge in [-0.1, -0.05) is 12.1 Å². The summed E-state index contributed by atoms with van der Waals surface area (Å²) >= 11 is 0. The quantitative estimate of drug-likeness (QED) is 0.825. The van der Waals surface area contributed by atoms with Crippen LogP contribution in [-0.2, 0) is 4.74 Å². The predicted molar refractivity (Wildman–Crippen MR) is 70.5 cm³/mol. The first-order valence-electron chi connectivity index (χ1n) is 6.00. The molecular weight excluding hydrogens is 214 g/mol. The Bertz CT molecular complexity index is 350. The largest absolute Gasteiger partial charge is 0.497 e. The van der Waals surface area contributed by atoms with Crippen molar-refractivity contribution in [2.45, 2.75) is 32.4 Å². The van der Waals surface area contributed by atoms with Crippen molar-refractivity contribution in [2.75, 3.05) is 20.8 Å². The fraction of sp³-hybridized carbons (Fsp3) is 0.571. The first-order chi connectivity index (χ1) is 8.05. The Hall–Kier alpha value is -1.06. The van der Waals surface area contributed by atoms with Crippen LogP contribution in [-0.4, -0.2) is 26.4 Å². The Morgan fingerprint density at radius 1 is 1.35 bits per heavy atom. The second-order valence-corrected chi connectivity index (χ2v) is 4.53. The van der Waals surface area contributed by atoms with E-state index in [4.69, 9.17) is 9.47 Å². The molecule has 0 amide bonds. The van der Waals surface area contributed by atoms with E-state index < -0.39 is 0 Å². The third-order valence-electron chi connectivity index (χ3n) is 2.93. The fourth-order valence-electron chi connectivity index (χ4n) is 2.19. The van der Waals surface area contributed by atoms with Gasteiger partial charge in [0.25, 0.3) is 0 Å². The molecule has 0 aliphatic heterocycles. The second kappa shape index (κ2) is 6.03. The lowest BCUT2D eigenvalue weighted by Crippen LogP contribution is -2.40. The van der Waals surface area contributed by atoms with Gasteiger partial charge in [0.1, 0.15) is 5.75 Å². The molecular formula is C14H23NO2. The van der Waals surface area contributed by atoms with E-state index in [1.54, 1.807) is 7.11 Å². The summed E-state index contributed by atoms with van der Waals surface area (Å²) in [5, 5.41) is 3.31. The Balaban J connectivity index is 3.00. The highest BCUT2D eigenvalue weighted by atomic mass is 16.5. The van der Waals surface area contributed by atoms with Crippen molar-refractivity contribution in [3.05, 3.63) is 29.8 Å². The van der Waals surface area contributed by atoms with Gasteiger partial charge in [0.05, 0.1) is 18.8 Å². The summed E-state index contributed by atoms with van der Waals surface area (Å²) in [4.78, 5) is 0. The number of hydrogen-bond acceptors (Lipinski definition) is 3. The van der Waals surface area contributed by atoms with Gasteiger partial charge >= 0.3 is 0 Å². The summed E-state index contributed by atoms with van der Waals surface area (Å²) in [5.41, 5.74) is 0.917. The normalized spacial score (nSPS) is 13.5. The van der Waals surface area contributed by atoms with Crippen LogP contribution in [0.2, 0.25) is 0 Å². The van der Waals surface area contributed by atoms with E-state index in [0.717, 1.165) is 5.75 Å². The van der Waals surface area contributed by atoms with Crippen molar-refractivity contribution >= 4 is 0 Å². The van der Waals surface area contributed by atoms with Gasteiger partial charge in [0.15, 0.2) is 0 Å². The summed E-state index contributed by atoms with van der Waals surface area (Å²) in [6, 6.07) is 8.22. The zero-order valence-electron chi connectivity index (χ0n) is 11.4. The lowest BCUT2D eigenvalue weighted by atomic mass is 9.91. The average Bonchev–Trinajstić information content (AvgIpc) is 2.29. The number of rotatable bonds is 6. The lowest BCUT2D eigenvalue weighted by molar-refractivity contribution is -0.0375. The summed E-state index contributed by atoms with van der Waals surface area (Å²) in [6.45, 7) is 6.91. The van der Waals surface area contributed by atoms with Crippen LogP contribution in [0.1, 0.15) is 32.4 Å². The Morgan fingerprint density at radius 2 is 2.06 bits per heavy atom. The average molecular weight is 237 g/mol. The lowest BCUT2D eigenvalue weighted by Gasteiger charge is -2.34. The molecule has 0 saturated carbocycles. The third-order valence-corrected chi connectivity index (χ3v) is 2.93. The number of nitrogens with one attached hydrogen (secondary N) is 1. The SMILES string of the molecule is CCOC(C)(C)C(NC)c1cccc(OC)c1. The number of ether oxygens (including phenoxy) is 2. The van der Waals surface area contributed by atoms with Crippen LogP contribution < -0.4 is 10.1 Å². The smallest absolute Gasteiger partial charge is 0.119 e. The van der Waals surface area contributed by atoms with Gasteiger partial charge in [0.2, 0.25) is 0 Å². The van der Waals surface area contributed by atoms with Crippen molar-refractivity contribution < 1.29 is 9.47 Å². The van der Waals surface area contributed by atoms with Gasteiger partial charge in [-0.25, -0.2) is 0 Å². The molecule has 0 heterocycles. The van der Waals surface area contributed by atoms with Crippen LogP contribution in [0.5, 0.6) is 5.75 Å². The van der Waals surface area contributed by atoms with E-state index in [1.165, 1.54) is 5.56 Å². The minimum Gasteiger partial charge on any atom is -0.497 e. The molecule has 0 bridgehead atoms. The van der Waals surface area contributed by atoms with Gasteiger partial charge in [-0.15, -0.1) is 0 Å². The maximum atomic E-state index is 5.81. The molecule has 0 aromatic heterocycles. The maximum Gasteiger partial charge on any atom is 0.119 e. The van der Waals surface area contributed by atoms with Crippen LogP contribution in [0.3, 0.4) is 0 Å². The zero-order chi connectivity index (χ0) is 12.9. The van der Waals surface area contributed by atoms with Gasteiger partial charge in [-0.05, 0) is 45.5 Å². The Morgan fingerprint density at radius 3 is 2.59 bits per heavy atom. The van der Waals surface area contributed by atoms with Gasteiger partial charge in [-0.2, -0.15) is 0 Å². The first-order valence-corrected chi connectivity index (χ1v) is 6.00. The molecule has 3 heteroatoms. The minimum absolute atomic E-state index is 0.137. The van der Waals surface area contributed by atoms with E-state index in [1.807, 2.05) is 32.2 Å². The fourth-order valence-corrected chi connectivity index (χ4v) is 2.19. The highest BCUT2D eigenvalue weighted by Crippen LogP contribution is 2.30. The van der Waals surface area contributed by atoms with Crippen LogP contribution in [0, 0.1) is 0 Å². The van der Waals surface area contributed by atoms with Crippen molar-refractivity contribution in [3.63, 3.8) is 0 Å². The third kappa shape index (κ3) is 3.45. The topological polar surface area (TPSA) is 30.5 Å². The van der Waals surface area contributed by atoms with Crippen molar-refractivity contribution in [1.29, 1.82) is 0 Å². The molecule has 1 aromatic rings. The van der Waals surface area contributed by atoms with Crippen LogP contribution >= 0.6 is 0 Å². The molecule has 1 atom stereocenters. The Labute approximate surface area is 104 Å². The number of benzene rings is 1. The second-order valence-electron chi connectivity index (χ2n) is 4.53. The Kier molecular flexibility index (Phi) is 4.97. The number of likely N-dealkylation sites (N-methyl/N-ethyl adjacent to an activating group) is 1. The van der Waals surface area contributed by atoms with Crippen molar-refractivity contribution in [2.24, 2.45) is 0 Å². The highest BCUT2D eigenvalue weighted by Gasteiger charge is 2.30. The van der Waals surface area contributed by atoms with Crippen LogP contribution in [0.25, 0.3) is 0 Å². The van der Waals surface area contributed by atoms with Crippen molar-refractivity contribution in [1.82, 2.24) is 5.32 Å². The summed E-state index contributed by atoms with van der Waals surface area (Å²) in [5.74, 6) is 0.870. The summed E-state index contributed by atoms with van der Waals surface area (Å²) in [7, 11) is 3.63. The molecule has 1 rings (SSSR count). The van der Waals surface area contributed by atoms with Gasteiger partial charge < -0.3 is 14.8 Å². The minimum atomic E-state index is -0.254. The number of hydrogen-bond donors (Lipinski definition) is 1. The van der Waals surface area contributed by atoms with Gasteiger partial charge in [0, 0.05) is 6.61 Å². The molecule has 0 radical (unpaired) electrons. The molecule has 0 saturated heterocycles. The molecule has 3 nitrogen and oxygen atoms in total. The highest BCUT2D eigenvalue weighted by molar-refractivity contribution is 5.31.